The Bertz CT molecular complexity index is 835. The van der Waals surface area contributed by atoms with Gasteiger partial charge in [0.25, 0.3) is 0 Å². The van der Waals surface area contributed by atoms with E-state index >= 15 is 0 Å². The molecule has 2 heterocycles. The lowest BCUT2D eigenvalue weighted by Gasteiger charge is -2.31. The van der Waals surface area contributed by atoms with E-state index < -0.39 is 11.7 Å². The summed E-state index contributed by atoms with van der Waals surface area (Å²) in [6.45, 7) is 1.62. The Kier molecular flexibility index (Phi) is 6.47. The number of pyridine rings is 1. The zero-order valence-electron chi connectivity index (χ0n) is 14.8. The minimum absolute atomic E-state index is 0.00238. The van der Waals surface area contributed by atoms with Crippen molar-refractivity contribution < 1.29 is 18.0 Å². The number of nitrogens with one attached hydrogen (secondary N) is 1. The van der Waals surface area contributed by atoms with E-state index in [0.29, 0.717) is 48.9 Å². The molecule has 0 radical (unpaired) electrons. The third-order valence-corrected chi connectivity index (χ3v) is 5.27. The molecule has 0 atom stereocenters. The summed E-state index contributed by atoms with van der Waals surface area (Å²) in [5.41, 5.74) is 0.232. The standard InChI is InChI=1S/C19H18Cl2F3N3O/c20-14-1-3-15(4-2-14)26-18(28)12-5-7-27(8-6-12)11-17-16(21)9-13(10-25-17)19(22,23)24/h1-4,9-10,12H,5-8,11H2,(H,26,28). The zero-order chi connectivity index (χ0) is 20.3. The molecule has 1 aliphatic rings. The number of anilines is 1. The smallest absolute Gasteiger partial charge is 0.326 e. The predicted octanol–water partition coefficient (Wildman–Crippen LogP) is 5.26. The fraction of sp³-hybridized carbons (Fsp3) is 0.368. The molecule has 1 N–H and O–H groups in total. The maximum Gasteiger partial charge on any atom is 0.417 e. The van der Waals surface area contributed by atoms with Crippen LogP contribution in [0.1, 0.15) is 24.1 Å². The van der Waals surface area contributed by atoms with Crippen LogP contribution in [0.5, 0.6) is 0 Å². The highest BCUT2D eigenvalue weighted by Gasteiger charge is 2.32. The van der Waals surface area contributed by atoms with Gasteiger partial charge in [0.2, 0.25) is 5.91 Å². The maximum atomic E-state index is 12.7. The molecule has 0 unspecified atom stereocenters. The third kappa shape index (κ3) is 5.37. The van der Waals surface area contributed by atoms with E-state index in [4.69, 9.17) is 23.2 Å². The molecular formula is C19H18Cl2F3N3O. The highest BCUT2D eigenvalue weighted by Crippen LogP contribution is 2.31. The summed E-state index contributed by atoms with van der Waals surface area (Å²) in [6.07, 6.45) is -2.37. The lowest BCUT2D eigenvalue weighted by atomic mass is 9.95. The Balaban J connectivity index is 1.52. The van der Waals surface area contributed by atoms with Gasteiger partial charge < -0.3 is 5.32 Å². The molecule has 28 heavy (non-hydrogen) atoms. The van der Waals surface area contributed by atoms with Gasteiger partial charge in [-0.15, -0.1) is 0 Å². The number of likely N-dealkylation sites (tertiary alicyclic amines) is 1. The normalized spacial score (nSPS) is 16.2. The summed E-state index contributed by atoms with van der Waals surface area (Å²) in [5, 5.41) is 3.47. The average molecular weight is 432 g/mol. The van der Waals surface area contributed by atoms with Gasteiger partial charge >= 0.3 is 6.18 Å². The molecule has 1 aromatic heterocycles. The van der Waals surface area contributed by atoms with E-state index in [9.17, 15) is 18.0 Å². The van der Waals surface area contributed by atoms with E-state index in [1.54, 1.807) is 24.3 Å². The topological polar surface area (TPSA) is 45.2 Å². The van der Waals surface area contributed by atoms with Gasteiger partial charge in [0.15, 0.2) is 0 Å². The minimum Gasteiger partial charge on any atom is -0.326 e. The van der Waals surface area contributed by atoms with Gasteiger partial charge in [0.05, 0.1) is 16.3 Å². The van der Waals surface area contributed by atoms with Crippen LogP contribution in [0, 0.1) is 5.92 Å². The van der Waals surface area contributed by atoms with Crippen molar-refractivity contribution in [3.8, 4) is 0 Å². The van der Waals surface area contributed by atoms with Gasteiger partial charge in [0, 0.05) is 29.4 Å². The fourth-order valence-corrected chi connectivity index (χ4v) is 3.43. The van der Waals surface area contributed by atoms with Gasteiger partial charge in [0.1, 0.15) is 0 Å². The first kappa shape index (κ1) is 20.9. The van der Waals surface area contributed by atoms with Crippen LogP contribution in [0.3, 0.4) is 0 Å². The molecule has 0 bridgehead atoms. The summed E-state index contributed by atoms with van der Waals surface area (Å²) >= 11 is 11.8. The Morgan fingerprint density at radius 3 is 2.39 bits per heavy atom. The Labute approximate surface area is 170 Å². The lowest BCUT2D eigenvalue weighted by molar-refractivity contribution is -0.137. The predicted molar refractivity (Wildman–Crippen MR) is 102 cm³/mol. The van der Waals surface area contributed by atoms with Gasteiger partial charge in [-0.3, -0.25) is 14.7 Å². The highest BCUT2D eigenvalue weighted by molar-refractivity contribution is 6.31. The molecule has 3 rings (SSSR count). The Morgan fingerprint density at radius 2 is 1.82 bits per heavy atom. The lowest BCUT2D eigenvalue weighted by Crippen LogP contribution is -2.38. The van der Waals surface area contributed by atoms with Crippen molar-refractivity contribution in [1.82, 2.24) is 9.88 Å². The van der Waals surface area contributed by atoms with Gasteiger partial charge in [-0.25, -0.2) is 0 Å². The van der Waals surface area contributed by atoms with Crippen molar-refractivity contribution in [3.05, 3.63) is 57.8 Å². The molecule has 0 saturated carbocycles. The van der Waals surface area contributed by atoms with Gasteiger partial charge in [-0.05, 0) is 56.3 Å². The molecule has 9 heteroatoms. The average Bonchev–Trinajstić information content (AvgIpc) is 2.65. The number of carbonyl (C=O) groups excluding carboxylic acids is 1. The quantitative estimate of drug-likeness (QED) is 0.717. The van der Waals surface area contributed by atoms with E-state index in [1.165, 1.54) is 0 Å². The summed E-state index contributed by atoms with van der Waals surface area (Å²) in [7, 11) is 0. The molecule has 1 aromatic carbocycles. The van der Waals surface area contributed by atoms with Gasteiger partial charge in [-0.1, -0.05) is 23.2 Å². The molecule has 150 valence electrons. The molecule has 2 aromatic rings. The molecule has 1 saturated heterocycles. The maximum absolute atomic E-state index is 12.7. The number of amides is 1. The van der Waals surface area contributed by atoms with Gasteiger partial charge in [-0.2, -0.15) is 13.2 Å². The van der Waals surface area contributed by atoms with E-state index in [2.05, 4.69) is 10.3 Å². The van der Waals surface area contributed by atoms with Crippen LogP contribution >= 0.6 is 23.2 Å². The summed E-state index contributed by atoms with van der Waals surface area (Å²) in [6, 6.07) is 7.80. The largest absolute Gasteiger partial charge is 0.417 e. The second-order valence-electron chi connectivity index (χ2n) is 6.70. The number of aromatic nitrogens is 1. The third-order valence-electron chi connectivity index (χ3n) is 4.69. The van der Waals surface area contributed by atoms with Crippen molar-refractivity contribution in [1.29, 1.82) is 0 Å². The number of alkyl halides is 3. The highest BCUT2D eigenvalue weighted by atomic mass is 35.5. The van der Waals surface area contributed by atoms with Crippen LogP contribution in [0.2, 0.25) is 10.0 Å². The van der Waals surface area contributed by atoms with Crippen LogP contribution < -0.4 is 5.32 Å². The van der Waals surface area contributed by atoms with Crippen LogP contribution in [-0.4, -0.2) is 28.9 Å². The number of nitrogens with zero attached hydrogens (tertiary/aromatic N) is 2. The molecule has 0 aliphatic carbocycles. The molecule has 0 spiro atoms. The van der Waals surface area contributed by atoms with E-state index in [1.807, 2.05) is 4.90 Å². The number of halogens is 5. The monoisotopic (exact) mass is 431 g/mol. The molecule has 1 fully saturated rings. The second kappa shape index (κ2) is 8.68. The number of benzene rings is 1. The van der Waals surface area contributed by atoms with Crippen molar-refractivity contribution in [2.45, 2.75) is 25.6 Å². The first-order valence-corrected chi connectivity index (χ1v) is 9.48. The molecule has 1 aliphatic heterocycles. The number of hydrogen-bond donors (Lipinski definition) is 1. The zero-order valence-corrected chi connectivity index (χ0v) is 16.3. The first-order valence-electron chi connectivity index (χ1n) is 8.73. The van der Waals surface area contributed by atoms with Crippen LogP contribution in [-0.2, 0) is 17.5 Å². The second-order valence-corrected chi connectivity index (χ2v) is 7.54. The van der Waals surface area contributed by atoms with Crippen LogP contribution in [0.25, 0.3) is 0 Å². The molecule has 1 amide bonds. The number of rotatable bonds is 4. The Morgan fingerprint density at radius 1 is 1.18 bits per heavy atom. The summed E-state index contributed by atoms with van der Waals surface area (Å²) < 4.78 is 38.1. The first-order chi connectivity index (χ1) is 13.2. The fourth-order valence-electron chi connectivity index (χ4n) is 3.08. The number of carbonyl (C=O) groups is 1. The van der Waals surface area contributed by atoms with Crippen molar-refractivity contribution >= 4 is 34.8 Å². The summed E-state index contributed by atoms with van der Waals surface area (Å²) in [5.74, 6) is -0.171. The van der Waals surface area contributed by atoms with Crippen LogP contribution in [0.4, 0.5) is 18.9 Å². The van der Waals surface area contributed by atoms with E-state index in [-0.39, 0.29) is 16.8 Å². The van der Waals surface area contributed by atoms with Crippen molar-refractivity contribution in [2.24, 2.45) is 5.92 Å². The minimum atomic E-state index is -4.47. The number of piperidine rings is 1. The van der Waals surface area contributed by atoms with Crippen LogP contribution in [0.15, 0.2) is 36.5 Å². The van der Waals surface area contributed by atoms with E-state index in [0.717, 1.165) is 12.3 Å². The number of hydrogen-bond acceptors (Lipinski definition) is 3. The molecular weight excluding hydrogens is 414 g/mol. The van der Waals surface area contributed by atoms with Crippen molar-refractivity contribution in [3.63, 3.8) is 0 Å². The van der Waals surface area contributed by atoms with Crippen molar-refractivity contribution in [2.75, 3.05) is 18.4 Å². The summed E-state index contributed by atoms with van der Waals surface area (Å²) in [4.78, 5) is 18.3. The molecule has 4 nitrogen and oxygen atoms in total. The SMILES string of the molecule is O=C(Nc1ccc(Cl)cc1)C1CCN(Cc2ncc(C(F)(F)F)cc2Cl)CC1. The Hall–Kier alpha value is -1.83.